The molecule has 1 aliphatic carbocycles. The monoisotopic (exact) mass is 334 g/mol. The van der Waals surface area contributed by atoms with Crippen LogP contribution >= 0.6 is 0 Å². The highest BCUT2D eigenvalue weighted by molar-refractivity contribution is 5.59. The molecule has 0 unspecified atom stereocenters. The minimum Gasteiger partial charge on any atom is -0.353 e. The molecule has 0 spiro atoms. The van der Waals surface area contributed by atoms with Gasteiger partial charge in [0.2, 0.25) is 0 Å². The van der Waals surface area contributed by atoms with Crippen LogP contribution in [0.1, 0.15) is 12.8 Å². The number of aromatic nitrogens is 4. The van der Waals surface area contributed by atoms with Crippen molar-refractivity contribution in [1.82, 2.24) is 24.7 Å². The Kier molecular flexibility index (Phi) is 3.63. The van der Waals surface area contributed by atoms with E-state index in [9.17, 15) is 0 Å². The number of hydrogen-bond donors (Lipinski definition) is 0. The molecule has 2 fully saturated rings. The highest BCUT2D eigenvalue weighted by atomic mass is 15.4. The van der Waals surface area contributed by atoms with Crippen LogP contribution < -0.4 is 4.90 Å². The first kappa shape index (κ1) is 14.8. The third-order valence-corrected chi connectivity index (χ3v) is 5.19. The third-order valence-electron chi connectivity index (χ3n) is 5.19. The summed E-state index contributed by atoms with van der Waals surface area (Å²) in [6.45, 7) is 5.61. The Bertz CT molecular complexity index is 862. The molecule has 3 heterocycles. The van der Waals surface area contributed by atoms with Crippen molar-refractivity contribution < 1.29 is 0 Å². The maximum atomic E-state index is 4.83. The molecule has 0 bridgehead atoms. The molecule has 6 heteroatoms. The highest BCUT2D eigenvalue weighted by Gasteiger charge is 2.26. The lowest BCUT2D eigenvalue weighted by Gasteiger charge is -2.35. The molecule has 6 nitrogen and oxygen atoms in total. The van der Waals surface area contributed by atoms with E-state index in [1.54, 1.807) is 0 Å². The van der Waals surface area contributed by atoms with E-state index >= 15 is 0 Å². The number of fused-ring (bicyclic) bond motifs is 1. The fourth-order valence-corrected chi connectivity index (χ4v) is 3.54. The molecule has 1 aliphatic heterocycles. The highest BCUT2D eigenvalue weighted by Crippen LogP contribution is 2.30. The van der Waals surface area contributed by atoms with Gasteiger partial charge in [-0.15, -0.1) is 15.3 Å². The van der Waals surface area contributed by atoms with Crippen LogP contribution in [-0.4, -0.2) is 57.4 Å². The molecule has 3 aromatic rings. The quantitative estimate of drug-likeness (QED) is 0.733. The first-order chi connectivity index (χ1) is 12.4. The summed E-state index contributed by atoms with van der Waals surface area (Å²) in [4.78, 5) is 4.97. The summed E-state index contributed by atoms with van der Waals surface area (Å²) >= 11 is 0. The van der Waals surface area contributed by atoms with Crippen LogP contribution in [0.5, 0.6) is 0 Å². The van der Waals surface area contributed by atoms with Crippen LogP contribution in [0.15, 0.2) is 42.5 Å². The van der Waals surface area contributed by atoms with Crippen molar-refractivity contribution in [3.8, 4) is 11.4 Å². The second-order valence-electron chi connectivity index (χ2n) is 7.08. The van der Waals surface area contributed by atoms with Gasteiger partial charge in [-0.3, -0.25) is 4.90 Å². The van der Waals surface area contributed by atoms with Crippen molar-refractivity contribution in [3.05, 3.63) is 42.5 Å². The Labute approximate surface area is 147 Å². The number of benzene rings is 1. The van der Waals surface area contributed by atoms with Gasteiger partial charge in [-0.2, -0.15) is 4.52 Å². The smallest absolute Gasteiger partial charge is 0.185 e. The summed E-state index contributed by atoms with van der Waals surface area (Å²) in [7, 11) is 0. The van der Waals surface area contributed by atoms with E-state index in [1.165, 1.54) is 19.4 Å². The van der Waals surface area contributed by atoms with E-state index in [1.807, 2.05) is 40.9 Å². The van der Waals surface area contributed by atoms with E-state index in [0.29, 0.717) is 0 Å². The van der Waals surface area contributed by atoms with Gasteiger partial charge in [0.15, 0.2) is 11.5 Å². The summed E-state index contributed by atoms with van der Waals surface area (Å²) in [5.41, 5.74) is 1.82. The van der Waals surface area contributed by atoms with Gasteiger partial charge in [0.25, 0.3) is 0 Å². The molecule has 1 aromatic carbocycles. The molecule has 25 heavy (non-hydrogen) atoms. The fraction of sp³-hybridized carbons (Fsp3) is 0.421. The second kappa shape index (κ2) is 6.11. The number of nitrogens with zero attached hydrogens (tertiary/aromatic N) is 6. The van der Waals surface area contributed by atoms with Gasteiger partial charge < -0.3 is 4.90 Å². The first-order valence-corrected chi connectivity index (χ1v) is 9.12. The van der Waals surface area contributed by atoms with Gasteiger partial charge >= 0.3 is 0 Å². The van der Waals surface area contributed by atoms with Crippen LogP contribution in [-0.2, 0) is 0 Å². The van der Waals surface area contributed by atoms with Gasteiger partial charge in [0.05, 0.1) is 0 Å². The molecule has 0 amide bonds. The number of rotatable bonds is 4. The zero-order valence-electron chi connectivity index (χ0n) is 14.3. The summed E-state index contributed by atoms with van der Waals surface area (Å²) in [6.07, 6.45) is 2.85. The van der Waals surface area contributed by atoms with Crippen LogP contribution in [0.4, 0.5) is 5.82 Å². The summed E-state index contributed by atoms with van der Waals surface area (Å²) in [5, 5.41) is 13.4. The van der Waals surface area contributed by atoms with Crippen molar-refractivity contribution in [1.29, 1.82) is 0 Å². The van der Waals surface area contributed by atoms with E-state index < -0.39 is 0 Å². The van der Waals surface area contributed by atoms with Crippen LogP contribution in [0, 0.1) is 5.92 Å². The van der Waals surface area contributed by atoms with Gasteiger partial charge in [-0.05, 0) is 30.9 Å². The molecule has 0 N–H and O–H groups in total. The Morgan fingerprint density at radius 2 is 1.68 bits per heavy atom. The molecular formula is C19H22N6. The molecular weight excluding hydrogens is 312 g/mol. The van der Waals surface area contributed by atoms with E-state index in [-0.39, 0.29) is 0 Å². The standard InChI is InChI=1S/C19H22N6/c1-2-4-16(5-3-1)19-21-20-17-8-9-18(22-25(17)19)24-12-10-23(11-13-24)14-15-6-7-15/h1-5,8-9,15H,6-7,10-14H2. The number of piperazine rings is 1. The van der Waals surface area contributed by atoms with Crippen molar-refractivity contribution in [2.24, 2.45) is 5.92 Å². The Morgan fingerprint density at radius 1 is 0.880 bits per heavy atom. The second-order valence-corrected chi connectivity index (χ2v) is 7.08. The lowest BCUT2D eigenvalue weighted by Crippen LogP contribution is -2.47. The molecule has 128 valence electrons. The minimum atomic E-state index is 0.787. The molecule has 2 aromatic heterocycles. The topological polar surface area (TPSA) is 49.6 Å². The molecule has 5 rings (SSSR count). The molecule has 1 saturated carbocycles. The van der Waals surface area contributed by atoms with E-state index in [0.717, 1.165) is 54.9 Å². The largest absolute Gasteiger partial charge is 0.353 e. The number of anilines is 1. The lowest BCUT2D eigenvalue weighted by atomic mass is 10.2. The summed E-state index contributed by atoms with van der Waals surface area (Å²) < 4.78 is 1.86. The Hall–Kier alpha value is -2.47. The van der Waals surface area contributed by atoms with Crippen LogP contribution in [0.2, 0.25) is 0 Å². The third kappa shape index (κ3) is 2.98. The summed E-state index contributed by atoms with van der Waals surface area (Å²) in [5.74, 6) is 2.77. The lowest BCUT2D eigenvalue weighted by molar-refractivity contribution is 0.247. The van der Waals surface area contributed by atoms with E-state index in [4.69, 9.17) is 5.10 Å². The van der Waals surface area contributed by atoms with Crippen molar-refractivity contribution >= 4 is 11.5 Å². The molecule has 1 saturated heterocycles. The Balaban J connectivity index is 1.39. The zero-order chi connectivity index (χ0) is 16.6. The molecule has 0 atom stereocenters. The first-order valence-electron chi connectivity index (χ1n) is 9.12. The van der Waals surface area contributed by atoms with Crippen molar-refractivity contribution in [2.75, 3.05) is 37.6 Å². The predicted octanol–water partition coefficient (Wildman–Crippen LogP) is 2.32. The van der Waals surface area contributed by atoms with Gasteiger partial charge in [0.1, 0.15) is 5.82 Å². The van der Waals surface area contributed by atoms with E-state index in [2.05, 4.69) is 26.1 Å². The van der Waals surface area contributed by atoms with Crippen molar-refractivity contribution in [3.63, 3.8) is 0 Å². The van der Waals surface area contributed by atoms with Gasteiger partial charge in [0, 0.05) is 38.3 Å². The minimum absolute atomic E-state index is 0.787. The molecule has 0 radical (unpaired) electrons. The van der Waals surface area contributed by atoms with Crippen molar-refractivity contribution in [2.45, 2.75) is 12.8 Å². The van der Waals surface area contributed by atoms with Gasteiger partial charge in [-0.25, -0.2) is 0 Å². The Morgan fingerprint density at radius 3 is 2.44 bits per heavy atom. The normalized spacial score (nSPS) is 18.8. The predicted molar refractivity (Wildman–Crippen MR) is 97.6 cm³/mol. The molecule has 2 aliphatic rings. The average Bonchev–Trinajstić information content (AvgIpc) is 3.38. The van der Waals surface area contributed by atoms with Crippen LogP contribution in [0.3, 0.4) is 0 Å². The zero-order valence-corrected chi connectivity index (χ0v) is 14.3. The van der Waals surface area contributed by atoms with Gasteiger partial charge in [-0.1, -0.05) is 30.3 Å². The summed E-state index contributed by atoms with van der Waals surface area (Å²) in [6, 6.07) is 14.2. The van der Waals surface area contributed by atoms with Crippen LogP contribution in [0.25, 0.3) is 17.0 Å². The maximum Gasteiger partial charge on any atom is 0.185 e. The fourth-order valence-electron chi connectivity index (χ4n) is 3.54. The number of hydrogen-bond acceptors (Lipinski definition) is 5. The average molecular weight is 334 g/mol. The maximum absolute atomic E-state index is 4.83. The SMILES string of the molecule is c1ccc(-c2nnc3ccc(N4CCN(CC5CC5)CC4)nn23)cc1.